The number of rotatable bonds is 6. The van der Waals surface area contributed by atoms with Crippen LogP contribution in [0.2, 0.25) is 0 Å². The molecule has 0 saturated heterocycles. The van der Waals surface area contributed by atoms with Crippen LogP contribution in [0.3, 0.4) is 0 Å². The van der Waals surface area contributed by atoms with E-state index < -0.39 is 53.6 Å². The second-order valence-corrected chi connectivity index (χ2v) is 8.78. The highest BCUT2D eigenvalue weighted by molar-refractivity contribution is 8.13. The maximum atomic E-state index is 12.8. The van der Waals surface area contributed by atoms with Crippen LogP contribution in [0.25, 0.3) is 10.8 Å². The molecule has 0 spiro atoms. The predicted octanol–water partition coefficient (Wildman–Crippen LogP) is 6.01. The summed E-state index contributed by atoms with van der Waals surface area (Å²) in [6.45, 7) is 0. The number of carbonyl (C=O) groups is 3. The minimum Gasteiger partial charge on any atom is -0.442 e. The van der Waals surface area contributed by atoms with Crippen molar-refractivity contribution in [3.8, 4) is 0 Å². The topological polar surface area (TPSA) is 60.4 Å². The zero-order chi connectivity index (χ0) is 24.4. The maximum absolute atomic E-state index is 12.8. The molecule has 0 N–H and O–H groups in total. The van der Waals surface area contributed by atoms with Crippen LogP contribution in [0.4, 0.5) is 26.3 Å². The van der Waals surface area contributed by atoms with Gasteiger partial charge in [0, 0.05) is 17.7 Å². The van der Waals surface area contributed by atoms with Gasteiger partial charge >= 0.3 is 18.3 Å². The van der Waals surface area contributed by atoms with Crippen LogP contribution >= 0.6 is 11.8 Å². The molecule has 3 rings (SSSR count). The quantitative estimate of drug-likeness (QED) is 0.214. The van der Waals surface area contributed by atoms with Gasteiger partial charge in [-0.1, -0.05) is 48.2 Å². The van der Waals surface area contributed by atoms with E-state index in [0.717, 1.165) is 22.5 Å². The Kier molecular flexibility index (Phi) is 7.11. The Bertz CT molecular complexity index is 1050. The zero-order valence-electron chi connectivity index (χ0n) is 17.0. The molecule has 0 radical (unpaired) electrons. The van der Waals surface area contributed by atoms with Gasteiger partial charge in [0.1, 0.15) is 11.2 Å². The average Bonchev–Trinajstić information content (AvgIpc) is 3.10. The standard InChI is InChI=1S/C22H18F6O4S/c23-21(24,25)18(22(26,27)28)32-19(31)20(11-4-9-16(20)29)12-10-17(30)33-15-8-3-6-13-5-1-2-7-14(13)15/h1-3,5-8,18H,4,9-12H2/t20-/m1/s1. The largest absolute Gasteiger partial charge is 0.442 e. The average molecular weight is 492 g/mol. The third-order valence-electron chi connectivity index (χ3n) is 5.48. The highest BCUT2D eigenvalue weighted by atomic mass is 32.2. The molecular weight excluding hydrogens is 474 g/mol. The van der Waals surface area contributed by atoms with Crippen LogP contribution in [0.1, 0.15) is 32.1 Å². The summed E-state index contributed by atoms with van der Waals surface area (Å²) in [6, 6.07) is 12.5. The summed E-state index contributed by atoms with van der Waals surface area (Å²) in [5.74, 6) is -2.72. The number of carbonyl (C=O) groups excluding carboxylic acids is 3. The number of halogens is 6. The van der Waals surface area contributed by atoms with Gasteiger partial charge in [0.2, 0.25) is 0 Å². The third kappa shape index (κ3) is 5.51. The summed E-state index contributed by atoms with van der Waals surface area (Å²) in [5.41, 5.74) is -2.20. The number of benzene rings is 2. The zero-order valence-corrected chi connectivity index (χ0v) is 17.8. The SMILES string of the molecule is O=C(CC[C@]1(C(=O)OC(C(F)(F)F)C(F)(F)F)CCCC1=O)Sc1cccc2ccccc12. The Morgan fingerprint density at radius 3 is 2.24 bits per heavy atom. The minimum atomic E-state index is -5.89. The number of hydrogen-bond donors (Lipinski definition) is 0. The van der Waals surface area contributed by atoms with Crippen molar-refractivity contribution in [2.45, 2.75) is 55.5 Å². The fraction of sp³-hybridized carbons (Fsp3) is 0.409. The number of thioether (sulfide) groups is 1. The molecule has 11 heteroatoms. The molecule has 1 saturated carbocycles. The lowest BCUT2D eigenvalue weighted by Crippen LogP contribution is -2.49. The second kappa shape index (κ2) is 9.36. The van der Waals surface area contributed by atoms with Gasteiger partial charge < -0.3 is 4.74 Å². The van der Waals surface area contributed by atoms with Crippen LogP contribution in [0.5, 0.6) is 0 Å². The number of fused-ring (bicyclic) bond motifs is 1. The van der Waals surface area contributed by atoms with E-state index in [1.165, 1.54) is 0 Å². The van der Waals surface area contributed by atoms with Gasteiger partial charge in [0.25, 0.3) is 6.10 Å². The van der Waals surface area contributed by atoms with Gasteiger partial charge in [0.05, 0.1) is 0 Å². The molecule has 0 bridgehead atoms. The maximum Gasteiger partial charge on any atom is 0.434 e. The van der Waals surface area contributed by atoms with Gasteiger partial charge in [-0.15, -0.1) is 0 Å². The Hall–Kier alpha value is -2.56. The first kappa shape index (κ1) is 25.1. The molecule has 0 aromatic heterocycles. The summed E-state index contributed by atoms with van der Waals surface area (Å²) in [7, 11) is 0. The van der Waals surface area contributed by atoms with Crippen molar-refractivity contribution in [2.24, 2.45) is 5.41 Å². The fourth-order valence-electron chi connectivity index (χ4n) is 3.82. The van der Waals surface area contributed by atoms with Crippen LogP contribution in [0, 0.1) is 5.41 Å². The Morgan fingerprint density at radius 1 is 1.00 bits per heavy atom. The molecule has 1 fully saturated rings. The first-order chi connectivity index (χ1) is 15.3. The lowest BCUT2D eigenvalue weighted by molar-refractivity contribution is -0.315. The van der Waals surface area contributed by atoms with Gasteiger partial charge in [0.15, 0.2) is 5.12 Å². The monoisotopic (exact) mass is 492 g/mol. The smallest absolute Gasteiger partial charge is 0.434 e. The third-order valence-corrected chi connectivity index (χ3v) is 6.49. The lowest BCUT2D eigenvalue weighted by atomic mass is 9.80. The first-order valence-electron chi connectivity index (χ1n) is 9.91. The highest BCUT2D eigenvalue weighted by Crippen LogP contribution is 2.44. The van der Waals surface area contributed by atoms with Crippen molar-refractivity contribution >= 4 is 39.4 Å². The van der Waals surface area contributed by atoms with Crippen LogP contribution in [0.15, 0.2) is 47.4 Å². The predicted molar refractivity (Wildman–Crippen MR) is 107 cm³/mol. The molecule has 0 amide bonds. The van der Waals surface area contributed by atoms with Gasteiger partial charge in [-0.3, -0.25) is 14.4 Å². The van der Waals surface area contributed by atoms with E-state index in [1.807, 2.05) is 18.2 Å². The number of ketones is 1. The Labute approximate surface area is 188 Å². The van der Waals surface area contributed by atoms with Gasteiger partial charge in [-0.25, -0.2) is 0 Å². The van der Waals surface area contributed by atoms with Crippen molar-refractivity contribution in [3.63, 3.8) is 0 Å². The number of hydrogen-bond acceptors (Lipinski definition) is 5. The Morgan fingerprint density at radius 2 is 1.64 bits per heavy atom. The number of Topliss-reactive ketones (excluding diaryl/α,β-unsaturated/α-hetero) is 1. The van der Waals surface area contributed by atoms with E-state index in [1.54, 1.807) is 24.3 Å². The number of esters is 1. The van der Waals surface area contributed by atoms with E-state index in [9.17, 15) is 40.7 Å². The van der Waals surface area contributed by atoms with Crippen LogP contribution in [-0.4, -0.2) is 35.3 Å². The molecule has 2 aromatic rings. The molecule has 1 aliphatic rings. The second-order valence-electron chi connectivity index (χ2n) is 7.68. The van der Waals surface area contributed by atoms with Gasteiger partial charge in [-0.2, -0.15) is 26.3 Å². The Balaban J connectivity index is 1.76. The number of alkyl halides is 6. The molecule has 2 aromatic carbocycles. The summed E-state index contributed by atoms with van der Waals surface area (Å²) in [4.78, 5) is 38.0. The first-order valence-corrected chi connectivity index (χ1v) is 10.7. The molecule has 1 atom stereocenters. The van der Waals surface area contributed by atoms with Crippen molar-refractivity contribution in [1.82, 2.24) is 0 Å². The van der Waals surface area contributed by atoms with E-state index in [-0.39, 0.29) is 19.3 Å². The van der Waals surface area contributed by atoms with E-state index in [0.29, 0.717) is 4.90 Å². The minimum absolute atomic E-state index is 0.0985. The van der Waals surface area contributed by atoms with Crippen molar-refractivity contribution in [3.05, 3.63) is 42.5 Å². The molecule has 0 unspecified atom stereocenters. The summed E-state index contributed by atoms with van der Waals surface area (Å²) in [5, 5.41) is 1.16. The molecular formula is C22H18F6O4S. The molecule has 0 heterocycles. The number of ether oxygens (including phenoxy) is 1. The van der Waals surface area contributed by atoms with Crippen molar-refractivity contribution in [1.29, 1.82) is 0 Å². The van der Waals surface area contributed by atoms with E-state index in [2.05, 4.69) is 4.74 Å². The van der Waals surface area contributed by atoms with Crippen molar-refractivity contribution < 1.29 is 45.5 Å². The fourth-order valence-corrected chi connectivity index (χ4v) is 4.72. The summed E-state index contributed by atoms with van der Waals surface area (Å²) in [6.07, 6.45) is -17.4. The molecule has 4 nitrogen and oxygen atoms in total. The molecule has 0 aliphatic heterocycles. The van der Waals surface area contributed by atoms with E-state index >= 15 is 0 Å². The summed E-state index contributed by atoms with van der Waals surface area (Å²) >= 11 is 0.828. The van der Waals surface area contributed by atoms with Crippen LogP contribution in [-0.2, 0) is 19.1 Å². The van der Waals surface area contributed by atoms with E-state index in [4.69, 9.17) is 0 Å². The van der Waals surface area contributed by atoms with Crippen LogP contribution < -0.4 is 0 Å². The summed E-state index contributed by atoms with van der Waals surface area (Å²) < 4.78 is 80.8. The molecule has 1 aliphatic carbocycles. The van der Waals surface area contributed by atoms with Crippen molar-refractivity contribution in [2.75, 3.05) is 0 Å². The van der Waals surface area contributed by atoms with Gasteiger partial charge in [-0.05, 0) is 36.1 Å². The normalized spacial score (nSPS) is 19.3. The molecule has 178 valence electrons. The molecule has 33 heavy (non-hydrogen) atoms. The lowest BCUT2D eigenvalue weighted by Gasteiger charge is -2.29. The highest BCUT2D eigenvalue weighted by Gasteiger charge is 2.62.